The van der Waals surface area contributed by atoms with E-state index in [0.717, 1.165) is 6.54 Å². The highest BCUT2D eigenvalue weighted by molar-refractivity contribution is 5.10. The molecule has 46 valence electrons. The van der Waals surface area contributed by atoms with Crippen LogP contribution in [0.25, 0.3) is 0 Å². The van der Waals surface area contributed by atoms with Gasteiger partial charge in [-0.25, -0.2) is 0 Å². The summed E-state index contributed by atoms with van der Waals surface area (Å²) < 4.78 is 0. The average Bonchev–Trinajstić information content (AvgIpc) is 1.63. The maximum Gasteiger partial charge on any atom is 0.0347 e. The molecule has 0 atom stereocenters. The standard InChI is InChI=1S/C7H13N/c1-2-3-4-7-5-6-8-7/h5,8H,2-4,6H2,1H3. The molecule has 0 spiro atoms. The molecule has 1 heteroatoms. The van der Waals surface area contributed by atoms with Crippen molar-refractivity contribution in [2.45, 2.75) is 26.2 Å². The van der Waals surface area contributed by atoms with Crippen LogP contribution >= 0.6 is 0 Å². The minimum Gasteiger partial charge on any atom is -0.385 e. The van der Waals surface area contributed by atoms with Crippen molar-refractivity contribution in [1.82, 2.24) is 5.32 Å². The Morgan fingerprint density at radius 2 is 2.50 bits per heavy atom. The summed E-state index contributed by atoms with van der Waals surface area (Å²) in [6, 6.07) is 0. The van der Waals surface area contributed by atoms with Crippen molar-refractivity contribution in [3.8, 4) is 0 Å². The third-order valence-electron chi connectivity index (χ3n) is 1.48. The fourth-order valence-electron chi connectivity index (χ4n) is 0.804. The molecule has 0 bridgehead atoms. The van der Waals surface area contributed by atoms with E-state index in [9.17, 15) is 0 Å². The molecule has 1 aliphatic heterocycles. The second kappa shape index (κ2) is 2.75. The van der Waals surface area contributed by atoms with Gasteiger partial charge in [-0.05, 0) is 18.9 Å². The first-order chi connectivity index (χ1) is 3.93. The molecule has 1 nitrogen and oxygen atoms in total. The fourth-order valence-corrected chi connectivity index (χ4v) is 0.804. The highest BCUT2D eigenvalue weighted by Gasteiger charge is 2.00. The molecule has 1 N–H and O–H groups in total. The summed E-state index contributed by atoms with van der Waals surface area (Å²) in [5.41, 5.74) is 1.45. The largest absolute Gasteiger partial charge is 0.385 e. The molecule has 1 rings (SSSR count). The Kier molecular flexibility index (Phi) is 1.95. The Morgan fingerprint density at radius 1 is 1.75 bits per heavy atom. The van der Waals surface area contributed by atoms with Crippen molar-refractivity contribution in [2.75, 3.05) is 6.54 Å². The quantitative estimate of drug-likeness (QED) is 0.584. The van der Waals surface area contributed by atoms with E-state index in [-0.39, 0.29) is 0 Å². The third kappa shape index (κ3) is 1.25. The van der Waals surface area contributed by atoms with Crippen LogP contribution in [0.3, 0.4) is 0 Å². The van der Waals surface area contributed by atoms with Crippen LogP contribution < -0.4 is 5.32 Å². The first-order valence-electron chi connectivity index (χ1n) is 3.36. The number of nitrogens with one attached hydrogen (secondary N) is 1. The monoisotopic (exact) mass is 111 g/mol. The van der Waals surface area contributed by atoms with E-state index in [0.29, 0.717) is 0 Å². The van der Waals surface area contributed by atoms with E-state index in [1.54, 1.807) is 0 Å². The van der Waals surface area contributed by atoms with Crippen molar-refractivity contribution >= 4 is 0 Å². The van der Waals surface area contributed by atoms with Crippen molar-refractivity contribution in [2.24, 2.45) is 0 Å². The van der Waals surface area contributed by atoms with Gasteiger partial charge in [0, 0.05) is 12.2 Å². The smallest absolute Gasteiger partial charge is 0.0347 e. The van der Waals surface area contributed by atoms with Crippen LogP contribution in [-0.2, 0) is 0 Å². The lowest BCUT2D eigenvalue weighted by Crippen LogP contribution is -2.23. The van der Waals surface area contributed by atoms with E-state index in [1.165, 1.54) is 25.0 Å². The molecule has 0 aromatic carbocycles. The van der Waals surface area contributed by atoms with E-state index in [1.807, 2.05) is 0 Å². The molecule has 1 heterocycles. The van der Waals surface area contributed by atoms with Crippen molar-refractivity contribution in [1.29, 1.82) is 0 Å². The van der Waals surface area contributed by atoms with Crippen LogP contribution in [0.4, 0.5) is 0 Å². The second-order valence-corrected chi connectivity index (χ2v) is 2.21. The van der Waals surface area contributed by atoms with Gasteiger partial charge in [-0.15, -0.1) is 0 Å². The lowest BCUT2D eigenvalue weighted by atomic mass is 10.1. The summed E-state index contributed by atoms with van der Waals surface area (Å²) in [7, 11) is 0. The van der Waals surface area contributed by atoms with Crippen molar-refractivity contribution < 1.29 is 0 Å². The Balaban J connectivity index is 2.02. The van der Waals surface area contributed by atoms with Gasteiger partial charge in [0.2, 0.25) is 0 Å². The van der Waals surface area contributed by atoms with Crippen LogP contribution in [0.1, 0.15) is 26.2 Å². The normalized spacial score (nSPS) is 16.4. The van der Waals surface area contributed by atoms with E-state index in [2.05, 4.69) is 18.3 Å². The van der Waals surface area contributed by atoms with E-state index < -0.39 is 0 Å². The summed E-state index contributed by atoms with van der Waals surface area (Å²) in [5, 5.41) is 3.24. The van der Waals surface area contributed by atoms with Gasteiger partial charge in [-0.1, -0.05) is 13.3 Å². The fraction of sp³-hybridized carbons (Fsp3) is 0.714. The second-order valence-electron chi connectivity index (χ2n) is 2.21. The van der Waals surface area contributed by atoms with E-state index >= 15 is 0 Å². The Labute approximate surface area is 50.8 Å². The summed E-state index contributed by atoms with van der Waals surface area (Å²) in [6.07, 6.45) is 6.16. The Morgan fingerprint density at radius 3 is 2.88 bits per heavy atom. The molecule has 0 fully saturated rings. The number of unbranched alkanes of at least 4 members (excludes halogenated alkanes) is 1. The van der Waals surface area contributed by atoms with Gasteiger partial charge < -0.3 is 5.32 Å². The van der Waals surface area contributed by atoms with Gasteiger partial charge in [0.15, 0.2) is 0 Å². The maximum atomic E-state index is 3.24. The summed E-state index contributed by atoms with van der Waals surface area (Å²) in [6.45, 7) is 3.32. The van der Waals surface area contributed by atoms with Crippen LogP contribution in [0.15, 0.2) is 11.8 Å². The Hall–Kier alpha value is -0.460. The van der Waals surface area contributed by atoms with Crippen molar-refractivity contribution in [3.63, 3.8) is 0 Å². The summed E-state index contributed by atoms with van der Waals surface area (Å²) >= 11 is 0. The van der Waals surface area contributed by atoms with Gasteiger partial charge >= 0.3 is 0 Å². The topological polar surface area (TPSA) is 12.0 Å². The number of allylic oxidation sites excluding steroid dienone is 1. The molecule has 0 aromatic rings. The van der Waals surface area contributed by atoms with Gasteiger partial charge in [-0.3, -0.25) is 0 Å². The molecule has 0 aromatic heterocycles. The molecule has 0 aliphatic carbocycles. The lowest BCUT2D eigenvalue weighted by Gasteiger charge is -2.16. The number of rotatable bonds is 3. The molecule has 0 unspecified atom stereocenters. The molecular formula is C7H13N. The predicted octanol–water partition coefficient (Wildman–Crippen LogP) is 1.66. The summed E-state index contributed by atoms with van der Waals surface area (Å²) in [5.74, 6) is 0. The zero-order valence-corrected chi connectivity index (χ0v) is 5.41. The first kappa shape index (κ1) is 5.67. The average molecular weight is 111 g/mol. The zero-order valence-electron chi connectivity index (χ0n) is 5.41. The van der Waals surface area contributed by atoms with Crippen LogP contribution in [0, 0.1) is 0 Å². The highest BCUT2D eigenvalue weighted by atomic mass is 14.9. The van der Waals surface area contributed by atoms with Crippen molar-refractivity contribution in [3.05, 3.63) is 11.8 Å². The first-order valence-corrected chi connectivity index (χ1v) is 3.36. The van der Waals surface area contributed by atoms with Crippen LogP contribution in [0.2, 0.25) is 0 Å². The molecule has 0 saturated carbocycles. The van der Waals surface area contributed by atoms with E-state index in [4.69, 9.17) is 0 Å². The van der Waals surface area contributed by atoms with Crippen LogP contribution in [0.5, 0.6) is 0 Å². The molecular weight excluding hydrogens is 98.1 g/mol. The molecule has 0 radical (unpaired) electrons. The minimum absolute atomic E-state index is 1.10. The predicted molar refractivity (Wildman–Crippen MR) is 35.6 cm³/mol. The number of hydrogen-bond acceptors (Lipinski definition) is 1. The van der Waals surface area contributed by atoms with Gasteiger partial charge in [0.1, 0.15) is 0 Å². The Bertz CT molecular complexity index is 94.6. The maximum absolute atomic E-state index is 3.24. The lowest BCUT2D eigenvalue weighted by molar-refractivity contribution is 0.684. The molecule has 8 heavy (non-hydrogen) atoms. The van der Waals surface area contributed by atoms with Gasteiger partial charge in [0.05, 0.1) is 0 Å². The summed E-state index contributed by atoms with van der Waals surface area (Å²) in [4.78, 5) is 0. The van der Waals surface area contributed by atoms with Crippen LogP contribution in [-0.4, -0.2) is 6.54 Å². The van der Waals surface area contributed by atoms with Gasteiger partial charge in [-0.2, -0.15) is 0 Å². The SMILES string of the molecule is CCCCC1=CCN1. The number of hydrogen-bond donors (Lipinski definition) is 1. The molecule has 0 amide bonds. The zero-order chi connectivity index (χ0) is 5.82. The van der Waals surface area contributed by atoms with Gasteiger partial charge in [0.25, 0.3) is 0 Å². The molecule has 1 aliphatic rings. The third-order valence-corrected chi connectivity index (χ3v) is 1.48. The minimum atomic E-state index is 1.10. The molecule has 0 saturated heterocycles. The highest BCUT2D eigenvalue weighted by Crippen LogP contribution is 2.07.